The zero-order valence-corrected chi connectivity index (χ0v) is 4.17. The van der Waals surface area contributed by atoms with Gasteiger partial charge in [-0.1, -0.05) is 10.3 Å². The molecule has 0 aromatic rings. The van der Waals surface area contributed by atoms with Gasteiger partial charge in [-0.25, -0.2) is 0 Å². The maximum atomic E-state index is 11.7. The normalized spacial score (nSPS) is 14.2. The van der Waals surface area contributed by atoms with Crippen molar-refractivity contribution in [3.05, 3.63) is 0 Å². The first-order valence-electron chi connectivity index (χ1n) is 1.79. The SMILES string of the molecule is CC(=N/O)/C(F)=N\O. The van der Waals surface area contributed by atoms with Gasteiger partial charge < -0.3 is 10.4 Å². The molecule has 0 saturated heterocycles. The Bertz CT molecular complexity index is 115. The number of rotatable bonds is 1. The number of halogens is 1. The Labute approximate surface area is 44.9 Å². The van der Waals surface area contributed by atoms with Crippen LogP contribution in [0.1, 0.15) is 6.92 Å². The largest absolute Gasteiger partial charge is 0.411 e. The molecule has 0 spiro atoms. The van der Waals surface area contributed by atoms with Crippen molar-refractivity contribution >= 4 is 11.7 Å². The predicted molar refractivity (Wildman–Crippen MR) is 25.2 cm³/mol. The molecule has 0 aliphatic heterocycles. The maximum absolute atomic E-state index is 11.7. The van der Waals surface area contributed by atoms with Gasteiger partial charge in [0, 0.05) is 0 Å². The summed E-state index contributed by atoms with van der Waals surface area (Å²) < 4.78 is 11.7. The Hall–Kier alpha value is -1.13. The zero-order chi connectivity index (χ0) is 6.57. The highest BCUT2D eigenvalue weighted by Gasteiger charge is 1.99. The number of hydrogen-bond acceptors (Lipinski definition) is 4. The van der Waals surface area contributed by atoms with Gasteiger partial charge in [-0.2, -0.15) is 4.39 Å². The van der Waals surface area contributed by atoms with Crippen molar-refractivity contribution in [1.29, 1.82) is 0 Å². The molecule has 0 fully saturated rings. The molecule has 0 aliphatic carbocycles. The Morgan fingerprint density at radius 3 is 2.00 bits per heavy atom. The first kappa shape index (κ1) is 6.87. The molecule has 0 unspecified atom stereocenters. The van der Waals surface area contributed by atoms with Gasteiger partial charge >= 0.3 is 0 Å². The molecule has 0 atom stereocenters. The van der Waals surface area contributed by atoms with E-state index in [0.29, 0.717) is 0 Å². The number of nitrogens with zero attached hydrogens (tertiary/aromatic N) is 2. The van der Waals surface area contributed by atoms with Gasteiger partial charge in [0.15, 0.2) is 0 Å². The Morgan fingerprint density at radius 1 is 1.38 bits per heavy atom. The summed E-state index contributed by atoms with van der Waals surface area (Å²) in [5.41, 5.74) is -0.354. The first-order valence-corrected chi connectivity index (χ1v) is 1.79. The molecule has 0 amide bonds. The number of oxime groups is 2. The highest BCUT2D eigenvalue weighted by molar-refractivity contribution is 6.37. The van der Waals surface area contributed by atoms with Gasteiger partial charge in [0.2, 0.25) is 0 Å². The van der Waals surface area contributed by atoms with E-state index < -0.39 is 5.97 Å². The van der Waals surface area contributed by atoms with Crippen LogP contribution in [0.25, 0.3) is 0 Å². The minimum atomic E-state index is -1.19. The fourth-order valence-corrected chi connectivity index (χ4v) is 0.114. The minimum Gasteiger partial charge on any atom is -0.411 e. The molecule has 2 N–H and O–H groups in total. The van der Waals surface area contributed by atoms with E-state index in [2.05, 4.69) is 10.3 Å². The van der Waals surface area contributed by atoms with Crippen LogP contribution >= 0.6 is 0 Å². The predicted octanol–water partition coefficient (Wildman–Crippen LogP) is 0.594. The second kappa shape index (κ2) is 2.95. The van der Waals surface area contributed by atoms with Crippen molar-refractivity contribution in [2.24, 2.45) is 10.3 Å². The van der Waals surface area contributed by atoms with Crippen LogP contribution in [-0.2, 0) is 0 Å². The smallest absolute Gasteiger partial charge is 0.274 e. The Kier molecular flexibility index (Phi) is 2.53. The van der Waals surface area contributed by atoms with E-state index in [4.69, 9.17) is 10.4 Å². The van der Waals surface area contributed by atoms with Crippen LogP contribution < -0.4 is 0 Å². The van der Waals surface area contributed by atoms with Gasteiger partial charge in [0.25, 0.3) is 5.97 Å². The summed E-state index contributed by atoms with van der Waals surface area (Å²) in [6.45, 7) is 1.16. The summed E-state index contributed by atoms with van der Waals surface area (Å²) in [7, 11) is 0. The average Bonchev–Trinajstić information content (AvgIpc) is 1.84. The summed E-state index contributed by atoms with van der Waals surface area (Å²) in [6, 6.07) is 0. The second-order valence-electron chi connectivity index (χ2n) is 1.08. The van der Waals surface area contributed by atoms with Crippen LogP contribution in [0, 0.1) is 0 Å². The topological polar surface area (TPSA) is 65.2 Å². The zero-order valence-electron chi connectivity index (χ0n) is 4.17. The summed E-state index contributed by atoms with van der Waals surface area (Å²) in [5, 5.41) is 20.0. The van der Waals surface area contributed by atoms with Crippen LogP contribution in [0.2, 0.25) is 0 Å². The third-order valence-electron chi connectivity index (χ3n) is 0.536. The summed E-state index contributed by atoms with van der Waals surface area (Å²) in [4.78, 5) is 0. The van der Waals surface area contributed by atoms with Crippen LogP contribution in [0.15, 0.2) is 10.3 Å². The van der Waals surface area contributed by atoms with Gasteiger partial charge in [0.05, 0.1) is 0 Å². The minimum absolute atomic E-state index is 0.354. The highest BCUT2D eigenvalue weighted by atomic mass is 19.1. The van der Waals surface area contributed by atoms with Gasteiger partial charge in [-0.05, 0) is 6.92 Å². The second-order valence-corrected chi connectivity index (χ2v) is 1.08. The lowest BCUT2D eigenvalue weighted by atomic mass is 10.5. The first-order chi connectivity index (χ1) is 3.72. The van der Waals surface area contributed by atoms with Crippen LogP contribution in [0.5, 0.6) is 0 Å². The monoisotopic (exact) mass is 120 g/mol. The van der Waals surface area contributed by atoms with Crippen molar-refractivity contribution in [2.75, 3.05) is 0 Å². The van der Waals surface area contributed by atoms with Crippen molar-refractivity contribution < 1.29 is 14.8 Å². The van der Waals surface area contributed by atoms with E-state index in [1.165, 1.54) is 0 Å². The van der Waals surface area contributed by atoms with Crippen LogP contribution in [0.4, 0.5) is 4.39 Å². The van der Waals surface area contributed by atoms with Gasteiger partial charge in [-0.3, -0.25) is 0 Å². The van der Waals surface area contributed by atoms with Crippen molar-refractivity contribution in [1.82, 2.24) is 0 Å². The van der Waals surface area contributed by atoms with Crippen LogP contribution in [0.3, 0.4) is 0 Å². The summed E-state index contributed by atoms with van der Waals surface area (Å²) in [6.07, 6.45) is 0. The molecule has 0 saturated carbocycles. The molecule has 4 nitrogen and oxygen atoms in total. The van der Waals surface area contributed by atoms with Crippen molar-refractivity contribution in [3.8, 4) is 0 Å². The molecule has 0 aromatic heterocycles. The standard InChI is InChI=1S/C3H5FN2O2/c1-2(5-7)3(4)6-8/h7-8H,1H3/b5-2-,6-3+. The molecule has 0 aromatic carbocycles. The molecule has 0 heterocycles. The molecule has 0 bridgehead atoms. The van der Waals surface area contributed by atoms with E-state index in [-0.39, 0.29) is 5.71 Å². The molecular formula is C3H5FN2O2. The maximum Gasteiger partial charge on any atom is 0.274 e. The van der Waals surface area contributed by atoms with Crippen LogP contribution in [-0.4, -0.2) is 22.1 Å². The fraction of sp³-hybridized carbons (Fsp3) is 0.333. The lowest BCUT2D eigenvalue weighted by molar-refractivity contribution is 0.308. The van der Waals surface area contributed by atoms with E-state index >= 15 is 0 Å². The molecule has 5 heteroatoms. The van der Waals surface area contributed by atoms with Gasteiger partial charge in [-0.15, -0.1) is 0 Å². The third kappa shape index (κ3) is 1.55. The Balaban J connectivity index is 4.04. The number of hydrogen-bond donors (Lipinski definition) is 2. The lowest BCUT2D eigenvalue weighted by Crippen LogP contribution is -2.02. The van der Waals surface area contributed by atoms with Crippen molar-refractivity contribution in [2.45, 2.75) is 6.92 Å². The molecule has 8 heavy (non-hydrogen) atoms. The fourth-order valence-electron chi connectivity index (χ4n) is 0.114. The highest BCUT2D eigenvalue weighted by Crippen LogP contribution is 1.82. The van der Waals surface area contributed by atoms with E-state index in [0.717, 1.165) is 6.92 Å². The quantitative estimate of drug-likeness (QED) is 0.302. The lowest BCUT2D eigenvalue weighted by Gasteiger charge is -1.84. The van der Waals surface area contributed by atoms with Crippen molar-refractivity contribution in [3.63, 3.8) is 0 Å². The molecule has 0 rings (SSSR count). The summed E-state index contributed by atoms with van der Waals surface area (Å²) >= 11 is 0. The molecule has 46 valence electrons. The van der Waals surface area contributed by atoms with E-state index in [1.54, 1.807) is 0 Å². The molecule has 0 radical (unpaired) electrons. The average molecular weight is 120 g/mol. The van der Waals surface area contributed by atoms with E-state index in [9.17, 15) is 4.39 Å². The Morgan fingerprint density at radius 2 is 1.88 bits per heavy atom. The molecule has 0 aliphatic rings. The third-order valence-corrected chi connectivity index (χ3v) is 0.536. The molecular weight excluding hydrogens is 115 g/mol. The van der Waals surface area contributed by atoms with E-state index in [1.807, 2.05) is 0 Å². The van der Waals surface area contributed by atoms with Gasteiger partial charge in [0.1, 0.15) is 5.71 Å². The summed E-state index contributed by atoms with van der Waals surface area (Å²) in [5.74, 6) is -1.19.